The van der Waals surface area contributed by atoms with Gasteiger partial charge in [-0.25, -0.2) is 14.4 Å². The van der Waals surface area contributed by atoms with Crippen LogP contribution in [0, 0.1) is 12.7 Å². The minimum absolute atomic E-state index is 0.313. The Morgan fingerprint density at radius 2 is 2.05 bits per heavy atom. The van der Waals surface area contributed by atoms with Crippen molar-refractivity contribution in [1.29, 1.82) is 0 Å². The average molecular weight is 289 g/mol. The van der Waals surface area contributed by atoms with Gasteiger partial charge in [-0.3, -0.25) is 0 Å². The molecule has 0 radical (unpaired) electrons. The van der Waals surface area contributed by atoms with Crippen molar-refractivity contribution in [2.75, 3.05) is 19.5 Å². The molecule has 21 heavy (non-hydrogen) atoms. The molecule has 0 amide bonds. The van der Waals surface area contributed by atoms with Crippen LogP contribution in [0.5, 0.6) is 5.75 Å². The van der Waals surface area contributed by atoms with Crippen molar-refractivity contribution in [3.05, 3.63) is 35.4 Å². The Morgan fingerprint density at radius 3 is 2.67 bits per heavy atom. The zero-order chi connectivity index (χ0) is 15.4. The van der Waals surface area contributed by atoms with E-state index in [4.69, 9.17) is 4.74 Å². The largest absolute Gasteiger partial charge is 0.496 e. The number of halogens is 1. The minimum Gasteiger partial charge on any atom is -0.496 e. The van der Waals surface area contributed by atoms with E-state index in [1.165, 1.54) is 12.1 Å². The first-order valence-corrected chi connectivity index (χ1v) is 6.99. The van der Waals surface area contributed by atoms with E-state index in [1.54, 1.807) is 13.2 Å². The van der Waals surface area contributed by atoms with Gasteiger partial charge in [-0.15, -0.1) is 0 Å². The second kappa shape index (κ2) is 6.52. The molecule has 1 aromatic heterocycles. The van der Waals surface area contributed by atoms with E-state index >= 15 is 0 Å². The molecule has 5 heteroatoms. The number of anilines is 1. The van der Waals surface area contributed by atoms with Crippen molar-refractivity contribution >= 4 is 5.82 Å². The smallest absolute Gasteiger partial charge is 0.133 e. The lowest BCUT2D eigenvalue weighted by Gasteiger charge is -2.14. The van der Waals surface area contributed by atoms with Gasteiger partial charge in [0.25, 0.3) is 0 Å². The zero-order valence-corrected chi connectivity index (χ0v) is 12.8. The van der Waals surface area contributed by atoms with Crippen LogP contribution in [0.2, 0.25) is 0 Å². The van der Waals surface area contributed by atoms with Gasteiger partial charge in [0, 0.05) is 24.6 Å². The summed E-state index contributed by atoms with van der Waals surface area (Å²) in [7, 11) is 3.39. The Morgan fingerprint density at radius 1 is 1.29 bits per heavy atom. The molecule has 0 fully saturated rings. The number of nitrogens with zero attached hydrogens (tertiary/aromatic N) is 2. The Bertz CT molecular complexity index is 644. The number of methoxy groups -OCH3 is 1. The highest BCUT2D eigenvalue weighted by Crippen LogP contribution is 2.33. The summed E-state index contributed by atoms with van der Waals surface area (Å²) in [5, 5.41) is 3.07. The van der Waals surface area contributed by atoms with Crippen molar-refractivity contribution in [2.45, 2.75) is 26.7 Å². The number of ether oxygens (including phenoxy) is 1. The lowest BCUT2D eigenvalue weighted by Crippen LogP contribution is -2.06. The van der Waals surface area contributed by atoms with E-state index in [2.05, 4.69) is 22.2 Å². The summed E-state index contributed by atoms with van der Waals surface area (Å²) in [6.07, 6.45) is 1.73. The maximum absolute atomic E-state index is 13.6. The monoisotopic (exact) mass is 289 g/mol. The van der Waals surface area contributed by atoms with Gasteiger partial charge in [0.1, 0.15) is 23.2 Å². The molecule has 2 aromatic rings. The standard InChI is InChI=1S/C16H20FN3O/c1-5-6-14-19-15(10(2)16(18-3)20-14)12-9-11(17)7-8-13(12)21-4/h7-9H,5-6H2,1-4H3,(H,18,19,20). The lowest BCUT2D eigenvalue weighted by molar-refractivity contribution is 0.415. The van der Waals surface area contributed by atoms with Crippen LogP contribution in [0.4, 0.5) is 10.2 Å². The molecular weight excluding hydrogens is 269 g/mol. The summed E-state index contributed by atoms with van der Waals surface area (Å²) in [5.74, 6) is 1.79. The molecule has 0 spiro atoms. The van der Waals surface area contributed by atoms with Gasteiger partial charge >= 0.3 is 0 Å². The normalized spacial score (nSPS) is 10.5. The van der Waals surface area contributed by atoms with Crippen molar-refractivity contribution < 1.29 is 9.13 Å². The molecule has 0 unspecified atom stereocenters. The summed E-state index contributed by atoms with van der Waals surface area (Å²) in [4.78, 5) is 9.08. The van der Waals surface area contributed by atoms with E-state index in [1.807, 2.05) is 14.0 Å². The summed E-state index contributed by atoms with van der Waals surface area (Å²) in [6.45, 7) is 3.99. The number of hydrogen-bond acceptors (Lipinski definition) is 4. The molecule has 4 nitrogen and oxygen atoms in total. The first-order chi connectivity index (χ1) is 10.1. The molecule has 1 heterocycles. The van der Waals surface area contributed by atoms with Gasteiger partial charge in [0.15, 0.2) is 0 Å². The molecule has 0 atom stereocenters. The minimum atomic E-state index is -0.313. The van der Waals surface area contributed by atoms with Crippen molar-refractivity contribution in [3.63, 3.8) is 0 Å². The van der Waals surface area contributed by atoms with Crippen LogP contribution < -0.4 is 10.1 Å². The molecule has 0 aliphatic rings. The average Bonchev–Trinajstić information content (AvgIpc) is 2.49. The first-order valence-electron chi connectivity index (χ1n) is 6.99. The Balaban J connectivity index is 2.67. The van der Waals surface area contributed by atoms with E-state index in [9.17, 15) is 4.39 Å². The number of aromatic nitrogens is 2. The quantitative estimate of drug-likeness (QED) is 0.913. The molecule has 112 valence electrons. The Labute approximate surface area is 124 Å². The van der Waals surface area contributed by atoms with Gasteiger partial charge in [0.05, 0.1) is 12.8 Å². The van der Waals surface area contributed by atoms with E-state index in [0.717, 1.165) is 30.0 Å². The second-order valence-corrected chi connectivity index (χ2v) is 4.81. The molecular formula is C16H20FN3O. The lowest BCUT2D eigenvalue weighted by atomic mass is 10.1. The molecule has 0 aliphatic carbocycles. The maximum atomic E-state index is 13.6. The number of benzene rings is 1. The molecule has 0 aliphatic heterocycles. The topological polar surface area (TPSA) is 47.0 Å². The highest BCUT2D eigenvalue weighted by Gasteiger charge is 2.16. The van der Waals surface area contributed by atoms with Crippen LogP contribution in [0.25, 0.3) is 11.3 Å². The number of rotatable bonds is 5. The molecule has 0 bridgehead atoms. The zero-order valence-electron chi connectivity index (χ0n) is 12.8. The van der Waals surface area contributed by atoms with Crippen LogP contribution in [0.1, 0.15) is 24.7 Å². The van der Waals surface area contributed by atoms with E-state index in [0.29, 0.717) is 17.0 Å². The number of aryl methyl sites for hydroxylation is 1. The Kier molecular flexibility index (Phi) is 4.73. The van der Waals surface area contributed by atoms with Gasteiger partial charge in [-0.2, -0.15) is 0 Å². The van der Waals surface area contributed by atoms with E-state index in [-0.39, 0.29) is 5.82 Å². The third kappa shape index (κ3) is 3.12. The summed E-state index contributed by atoms with van der Waals surface area (Å²) in [6, 6.07) is 4.44. The van der Waals surface area contributed by atoms with Crippen LogP contribution in [0.3, 0.4) is 0 Å². The van der Waals surface area contributed by atoms with Crippen molar-refractivity contribution in [3.8, 4) is 17.0 Å². The number of nitrogens with one attached hydrogen (secondary N) is 1. The maximum Gasteiger partial charge on any atom is 0.133 e. The van der Waals surface area contributed by atoms with E-state index < -0.39 is 0 Å². The predicted molar refractivity (Wildman–Crippen MR) is 82.3 cm³/mol. The fourth-order valence-corrected chi connectivity index (χ4v) is 2.27. The van der Waals surface area contributed by atoms with Gasteiger partial charge in [-0.1, -0.05) is 6.92 Å². The second-order valence-electron chi connectivity index (χ2n) is 4.81. The molecule has 1 N–H and O–H groups in total. The van der Waals surface area contributed by atoms with Crippen LogP contribution in [-0.2, 0) is 6.42 Å². The first kappa shape index (κ1) is 15.2. The summed E-state index contributed by atoms with van der Waals surface area (Å²) >= 11 is 0. The predicted octanol–water partition coefficient (Wildman–Crippen LogP) is 3.59. The third-order valence-electron chi connectivity index (χ3n) is 3.32. The third-order valence-corrected chi connectivity index (χ3v) is 3.32. The molecule has 1 aromatic carbocycles. The fraction of sp³-hybridized carbons (Fsp3) is 0.375. The Hall–Kier alpha value is -2.17. The SMILES string of the molecule is CCCc1nc(NC)c(C)c(-c2cc(F)ccc2OC)n1. The molecule has 0 saturated heterocycles. The van der Waals surface area contributed by atoms with Gasteiger partial charge in [-0.05, 0) is 31.5 Å². The molecule has 2 rings (SSSR count). The van der Waals surface area contributed by atoms with Crippen LogP contribution in [-0.4, -0.2) is 24.1 Å². The molecule has 0 saturated carbocycles. The summed E-state index contributed by atoms with van der Waals surface area (Å²) in [5.41, 5.74) is 2.22. The number of hydrogen-bond donors (Lipinski definition) is 1. The van der Waals surface area contributed by atoms with Crippen LogP contribution in [0.15, 0.2) is 18.2 Å². The van der Waals surface area contributed by atoms with Gasteiger partial charge in [0.2, 0.25) is 0 Å². The van der Waals surface area contributed by atoms with Gasteiger partial charge < -0.3 is 10.1 Å². The van der Waals surface area contributed by atoms with Crippen molar-refractivity contribution in [1.82, 2.24) is 9.97 Å². The highest BCUT2D eigenvalue weighted by molar-refractivity contribution is 5.73. The van der Waals surface area contributed by atoms with Crippen molar-refractivity contribution in [2.24, 2.45) is 0 Å². The fourth-order valence-electron chi connectivity index (χ4n) is 2.27. The van der Waals surface area contributed by atoms with Crippen LogP contribution >= 0.6 is 0 Å². The summed E-state index contributed by atoms with van der Waals surface area (Å²) < 4.78 is 19.0. The highest BCUT2D eigenvalue weighted by atomic mass is 19.1.